The number of hydrogen-bond acceptors (Lipinski definition) is 3. The second kappa shape index (κ2) is 10.6. The van der Waals surface area contributed by atoms with Crippen LogP contribution in [0.4, 0.5) is 0 Å². The van der Waals surface area contributed by atoms with Gasteiger partial charge in [0, 0.05) is 19.0 Å². The third-order valence-electron chi connectivity index (χ3n) is 4.83. The third kappa shape index (κ3) is 6.93. The average molecular weight is 397 g/mol. The summed E-state index contributed by atoms with van der Waals surface area (Å²) in [5, 5.41) is 2.91. The molecule has 0 aliphatic rings. The van der Waals surface area contributed by atoms with E-state index in [0.717, 1.165) is 16.9 Å². The van der Waals surface area contributed by atoms with Gasteiger partial charge in [-0.25, -0.2) is 0 Å². The highest BCUT2D eigenvalue weighted by molar-refractivity contribution is 5.87. The van der Waals surface area contributed by atoms with Gasteiger partial charge in [0.05, 0.1) is 7.11 Å². The normalized spacial score (nSPS) is 11.8. The molecular weight excluding hydrogens is 364 g/mol. The standard InChI is InChI=1S/C24H32N2O3/c1-17(2)25-24(28)19(4)26(16-21-7-6-8-22(15-21)29-5)23(27)14-13-20-11-9-18(3)10-12-20/h6-12,15,17,19H,13-14,16H2,1-5H3,(H,25,28). The first-order valence-corrected chi connectivity index (χ1v) is 10.1. The van der Waals surface area contributed by atoms with E-state index in [9.17, 15) is 9.59 Å². The first kappa shape index (κ1) is 22.5. The molecule has 2 rings (SSSR count). The maximum absolute atomic E-state index is 13.1. The van der Waals surface area contributed by atoms with Crippen LogP contribution in [0.5, 0.6) is 5.75 Å². The number of carbonyl (C=O) groups is 2. The van der Waals surface area contributed by atoms with Gasteiger partial charge in [-0.3, -0.25) is 9.59 Å². The predicted octanol–water partition coefficient (Wildman–Crippen LogP) is 3.88. The molecule has 1 atom stereocenters. The molecule has 0 aliphatic carbocycles. The lowest BCUT2D eigenvalue weighted by Gasteiger charge is -2.29. The van der Waals surface area contributed by atoms with Crippen molar-refractivity contribution in [3.63, 3.8) is 0 Å². The lowest BCUT2D eigenvalue weighted by Crippen LogP contribution is -2.49. The maximum atomic E-state index is 13.1. The summed E-state index contributed by atoms with van der Waals surface area (Å²) in [6.45, 7) is 8.00. The summed E-state index contributed by atoms with van der Waals surface area (Å²) < 4.78 is 5.29. The van der Waals surface area contributed by atoms with Crippen LogP contribution in [0, 0.1) is 6.92 Å². The number of methoxy groups -OCH3 is 1. The molecule has 0 saturated carbocycles. The molecule has 0 saturated heterocycles. The molecule has 0 spiro atoms. The molecule has 0 fully saturated rings. The molecule has 0 radical (unpaired) electrons. The van der Waals surface area contributed by atoms with Gasteiger partial charge < -0.3 is 15.0 Å². The smallest absolute Gasteiger partial charge is 0.242 e. The van der Waals surface area contributed by atoms with Crippen molar-refractivity contribution < 1.29 is 14.3 Å². The summed E-state index contributed by atoms with van der Waals surface area (Å²) in [6, 6.07) is 15.2. The number of benzene rings is 2. The van der Waals surface area contributed by atoms with Gasteiger partial charge >= 0.3 is 0 Å². The minimum absolute atomic E-state index is 0.0197. The molecule has 2 aromatic rings. The molecule has 0 aliphatic heterocycles. The average Bonchev–Trinajstić information content (AvgIpc) is 2.70. The molecule has 5 heteroatoms. The van der Waals surface area contributed by atoms with E-state index in [1.165, 1.54) is 5.56 Å². The van der Waals surface area contributed by atoms with E-state index in [-0.39, 0.29) is 17.9 Å². The van der Waals surface area contributed by atoms with Gasteiger partial charge in [0.2, 0.25) is 11.8 Å². The van der Waals surface area contributed by atoms with Gasteiger partial charge in [0.25, 0.3) is 0 Å². The Balaban J connectivity index is 2.16. The quantitative estimate of drug-likeness (QED) is 0.700. The molecule has 29 heavy (non-hydrogen) atoms. The second-order valence-corrected chi connectivity index (χ2v) is 7.70. The van der Waals surface area contributed by atoms with Crippen molar-refractivity contribution in [3.05, 3.63) is 65.2 Å². The van der Waals surface area contributed by atoms with Crippen molar-refractivity contribution in [1.82, 2.24) is 10.2 Å². The number of ether oxygens (including phenoxy) is 1. The van der Waals surface area contributed by atoms with Gasteiger partial charge in [0.1, 0.15) is 11.8 Å². The summed E-state index contributed by atoms with van der Waals surface area (Å²) in [6.07, 6.45) is 0.999. The Hall–Kier alpha value is -2.82. The number of rotatable bonds is 9. The second-order valence-electron chi connectivity index (χ2n) is 7.70. The molecule has 156 valence electrons. The molecule has 0 bridgehead atoms. The van der Waals surface area contributed by atoms with Crippen LogP contribution in [-0.4, -0.2) is 35.9 Å². The summed E-state index contributed by atoms with van der Waals surface area (Å²) in [4.78, 5) is 27.3. The zero-order chi connectivity index (χ0) is 21.4. The lowest BCUT2D eigenvalue weighted by atomic mass is 10.1. The lowest BCUT2D eigenvalue weighted by molar-refractivity contribution is -0.140. The molecule has 1 N–H and O–H groups in total. The van der Waals surface area contributed by atoms with Crippen molar-refractivity contribution in [1.29, 1.82) is 0 Å². The molecule has 5 nitrogen and oxygen atoms in total. The van der Waals surface area contributed by atoms with Gasteiger partial charge in [0.15, 0.2) is 0 Å². The van der Waals surface area contributed by atoms with E-state index < -0.39 is 6.04 Å². The van der Waals surface area contributed by atoms with Crippen LogP contribution in [0.3, 0.4) is 0 Å². The van der Waals surface area contributed by atoms with Gasteiger partial charge in [-0.1, -0.05) is 42.0 Å². The van der Waals surface area contributed by atoms with Crippen LogP contribution in [0.2, 0.25) is 0 Å². The summed E-state index contributed by atoms with van der Waals surface area (Å²) in [7, 11) is 1.61. The van der Waals surface area contributed by atoms with Crippen molar-refractivity contribution in [3.8, 4) is 5.75 Å². The molecular formula is C24H32N2O3. The molecule has 1 unspecified atom stereocenters. The fourth-order valence-corrected chi connectivity index (χ4v) is 3.10. The topological polar surface area (TPSA) is 58.6 Å². The Kier molecular flexibility index (Phi) is 8.25. The van der Waals surface area contributed by atoms with Gasteiger partial charge in [-0.15, -0.1) is 0 Å². The van der Waals surface area contributed by atoms with Crippen molar-refractivity contribution in [2.24, 2.45) is 0 Å². The number of nitrogens with one attached hydrogen (secondary N) is 1. The number of amides is 2. The van der Waals surface area contributed by atoms with Crippen LogP contribution in [0.25, 0.3) is 0 Å². The molecule has 0 aromatic heterocycles. The Bertz CT molecular complexity index is 815. The summed E-state index contributed by atoms with van der Waals surface area (Å²) in [5.74, 6) is 0.542. The highest BCUT2D eigenvalue weighted by atomic mass is 16.5. The van der Waals surface area contributed by atoms with Crippen molar-refractivity contribution in [2.75, 3.05) is 7.11 Å². The summed E-state index contributed by atoms with van der Waals surface area (Å²) in [5.41, 5.74) is 3.24. The minimum atomic E-state index is -0.561. The van der Waals surface area contributed by atoms with Crippen LogP contribution < -0.4 is 10.1 Å². The Labute approximate surface area is 174 Å². The third-order valence-corrected chi connectivity index (χ3v) is 4.83. The fourth-order valence-electron chi connectivity index (χ4n) is 3.10. The first-order chi connectivity index (χ1) is 13.8. The van der Waals surface area contributed by atoms with E-state index >= 15 is 0 Å². The Morgan fingerprint density at radius 1 is 1.03 bits per heavy atom. The highest BCUT2D eigenvalue weighted by Crippen LogP contribution is 2.17. The van der Waals surface area contributed by atoms with Crippen LogP contribution in [0.1, 0.15) is 43.9 Å². The molecule has 2 amide bonds. The molecule has 2 aromatic carbocycles. The van der Waals surface area contributed by atoms with E-state index in [1.54, 1.807) is 18.9 Å². The number of aryl methyl sites for hydroxylation is 2. The van der Waals surface area contributed by atoms with E-state index in [0.29, 0.717) is 19.4 Å². The van der Waals surface area contributed by atoms with Crippen molar-refractivity contribution >= 4 is 11.8 Å². The highest BCUT2D eigenvalue weighted by Gasteiger charge is 2.26. The number of nitrogens with zero attached hydrogens (tertiary/aromatic N) is 1. The van der Waals surface area contributed by atoms with Crippen LogP contribution in [0.15, 0.2) is 48.5 Å². The van der Waals surface area contributed by atoms with Gasteiger partial charge in [-0.2, -0.15) is 0 Å². The van der Waals surface area contributed by atoms with Crippen LogP contribution >= 0.6 is 0 Å². The minimum Gasteiger partial charge on any atom is -0.497 e. The molecule has 0 heterocycles. The monoisotopic (exact) mass is 396 g/mol. The van der Waals surface area contributed by atoms with Crippen LogP contribution in [-0.2, 0) is 22.6 Å². The largest absolute Gasteiger partial charge is 0.497 e. The first-order valence-electron chi connectivity index (χ1n) is 10.1. The Morgan fingerprint density at radius 3 is 2.34 bits per heavy atom. The SMILES string of the molecule is COc1cccc(CN(C(=O)CCc2ccc(C)cc2)C(C)C(=O)NC(C)C)c1. The van der Waals surface area contributed by atoms with E-state index in [2.05, 4.69) is 5.32 Å². The fraction of sp³-hybridized carbons (Fsp3) is 0.417. The van der Waals surface area contributed by atoms with E-state index in [1.807, 2.05) is 69.3 Å². The predicted molar refractivity (Wildman–Crippen MR) is 116 cm³/mol. The zero-order valence-electron chi connectivity index (χ0n) is 18.1. The number of carbonyl (C=O) groups excluding carboxylic acids is 2. The van der Waals surface area contributed by atoms with E-state index in [4.69, 9.17) is 4.74 Å². The maximum Gasteiger partial charge on any atom is 0.242 e. The summed E-state index contributed by atoms with van der Waals surface area (Å²) >= 11 is 0. The number of hydrogen-bond donors (Lipinski definition) is 1. The Morgan fingerprint density at radius 2 is 1.72 bits per heavy atom. The van der Waals surface area contributed by atoms with Crippen molar-refractivity contribution in [2.45, 2.75) is 59.2 Å². The van der Waals surface area contributed by atoms with Gasteiger partial charge in [-0.05, 0) is 57.4 Å². The zero-order valence-corrected chi connectivity index (χ0v) is 18.1.